The molecule has 29 heavy (non-hydrogen) atoms. The molecule has 1 aromatic heterocycles. The van der Waals surface area contributed by atoms with Crippen LogP contribution in [0.4, 0.5) is 9.93 Å². The van der Waals surface area contributed by atoms with Crippen molar-refractivity contribution in [2.24, 2.45) is 16.1 Å². The average Bonchev–Trinajstić information content (AvgIpc) is 3.20. The number of hydrogen-bond acceptors (Lipinski definition) is 6. The third-order valence-electron chi connectivity index (χ3n) is 5.54. The SMILES string of the molecule is CC1(CN=C(N)N2CCN(c3nccs3)CC2)CCN(C(=O)OC(C)(C)C)CC1. The zero-order chi connectivity index (χ0) is 21.1. The zero-order valence-corrected chi connectivity index (χ0v) is 18.9. The highest BCUT2D eigenvalue weighted by Crippen LogP contribution is 2.32. The van der Waals surface area contributed by atoms with Crippen LogP contribution in [-0.2, 0) is 4.74 Å². The lowest BCUT2D eigenvalue weighted by Gasteiger charge is -2.39. The Morgan fingerprint density at radius 1 is 1.21 bits per heavy atom. The van der Waals surface area contributed by atoms with Crippen molar-refractivity contribution in [1.82, 2.24) is 14.8 Å². The Kier molecular flexibility index (Phi) is 6.55. The molecule has 3 rings (SSSR count). The van der Waals surface area contributed by atoms with Crippen LogP contribution >= 0.6 is 11.3 Å². The molecule has 0 atom stereocenters. The number of guanidine groups is 1. The lowest BCUT2D eigenvalue weighted by molar-refractivity contribution is 0.0127. The molecule has 8 nitrogen and oxygen atoms in total. The van der Waals surface area contributed by atoms with Gasteiger partial charge in [0.1, 0.15) is 5.60 Å². The van der Waals surface area contributed by atoms with E-state index in [2.05, 4.69) is 21.7 Å². The third kappa shape index (κ3) is 5.98. The predicted molar refractivity (Wildman–Crippen MR) is 118 cm³/mol. The molecular formula is C20H34N6O2S. The molecule has 3 heterocycles. The molecule has 0 aromatic carbocycles. The second kappa shape index (κ2) is 8.77. The van der Waals surface area contributed by atoms with Gasteiger partial charge in [0.2, 0.25) is 0 Å². The monoisotopic (exact) mass is 422 g/mol. The highest BCUT2D eigenvalue weighted by molar-refractivity contribution is 7.13. The van der Waals surface area contributed by atoms with Gasteiger partial charge < -0.3 is 25.2 Å². The topological polar surface area (TPSA) is 87.3 Å². The normalized spacial score (nSPS) is 20.7. The predicted octanol–water partition coefficient (Wildman–Crippen LogP) is 2.62. The molecule has 162 valence electrons. The molecule has 1 amide bonds. The van der Waals surface area contributed by atoms with Crippen molar-refractivity contribution in [3.05, 3.63) is 11.6 Å². The number of anilines is 1. The van der Waals surface area contributed by atoms with E-state index in [1.807, 2.05) is 32.3 Å². The average molecular weight is 423 g/mol. The van der Waals surface area contributed by atoms with Crippen LogP contribution in [0.3, 0.4) is 0 Å². The number of rotatable bonds is 3. The second-order valence-electron chi connectivity index (χ2n) is 9.24. The summed E-state index contributed by atoms with van der Waals surface area (Å²) in [6, 6.07) is 0. The van der Waals surface area contributed by atoms with Gasteiger partial charge in [-0.15, -0.1) is 11.3 Å². The van der Waals surface area contributed by atoms with Gasteiger partial charge >= 0.3 is 6.09 Å². The standard InChI is InChI=1S/C20H34N6O2S/c1-19(2,3)28-18(27)26-8-5-20(4,6-9-26)15-23-16(21)24-10-12-25(13-11-24)17-22-7-14-29-17/h7,14H,5-6,8-13,15H2,1-4H3,(H2,21,23). The van der Waals surface area contributed by atoms with Crippen LogP contribution in [0.25, 0.3) is 0 Å². The van der Waals surface area contributed by atoms with Gasteiger partial charge in [-0.3, -0.25) is 4.99 Å². The van der Waals surface area contributed by atoms with E-state index >= 15 is 0 Å². The quantitative estimate of drug-likeness (QED) is 0.595. The van der Waals surface area contributed by atoms with E-state index < -0.39 is 5.60 Å². The number of amides is 1. The van der Waals surface area contributed by atoms with Crippen molar-refractivity contribution in [3.8, 4) is 0 Å². The lowest BCUT2D eigenvalue weighted by atomic mass is 9.80. The highest BCUT2D eigenvalue weighted by atomic mass is 32.1. The van der Waals surface area contributed by atoms with Crippen molar-refractivity contribution < 1.29 is 9.53 Å². The van der Waals surface area contributed by atoms with Gasteiger partial charge in [0, 0.05) is 57.4 Å². The number of hydrogen-bond donors (Lipinski definition) is 1. The van der Waals surface area contributed by atoms with Gasteiger partial charge in [0.15, 0.2) is 11.1 Å². The molecule has 9 heteroatoms. The van der Waals surface area contributed by atoms with E-state index in [4.69, 9.17) is 15.5 Å². The van der Waals surface area contributed by atoms with E-state index in [1.165, 1.54) is 0 Å². The summed E-state index contributed by atoms with van der Waals surface area (Å²) in [5.41, 5.74) is 5.90. The number of aromatic nitrogens is 1. The number of thiazole rings is 1. The summed E-state index contributed by atoms with van der Waals surface area (Å²) in [5.74, 6) is 0.625. The van der Waals surface area contributed by atoms with Crippen molar-refractivity contribution in [2.75, 3.05) is 50.7 Å². The number of likely N-dealkylation sites (tertiary alicyclic amines) is 1. The number of nitrogens with two attached hydrogens (primary N) is 1. The van der Waals surface area contributed by atoms with E-state index in [-0.39, 0.29) is 11.5 Å². The Hall–Kier alpha value is -2.03. The molecule has 2 N–H and O–H groups in total. The van der Waals surface area contributed by atoms with Crippen molar-refractivity contribution in [2.45, 2.75) is 46.1 Å². The van der Waals surface area contributed by atoms with E-state index in [0.29, 0.717) is 25.6 Å². The van der Waals surface area contributed by atoms with Crippen molar-refractivity contribution in [1.29, 1.82) is 0 Å². The molecule has 0 unspecified atom stereocenters. The summed E-state index contributed by atoms with van der Waals surface area (Å²) in [4.78, 5) is 27.6. The van der Waals surface area contributed by atoms with Crippen LogP contribution in [0.15, 0.2) is 16.6 Å². The molecule has 0 spiro atoms. The first kappa shape index (κ1) is 21.7. The van der Waals surface area contributed by atoms with Gasteiger partial charge in [-0.05, 0) is 39.0 Å². The van der Waals surface area contributed by atoms with Gasteiger partial charge in [-0.2, -0.15) is 0 Å². The van der Waals surface area contributed by atoms with Crippen LogP contribution in [0.2, 0.25) is 0 Å². The Bertz CT molecular complexity index is 699. The summed E-state index contributed by atoms with van der Waals surface area (Å²) in [7, 11) is 0. The van der Waals surface area contributed by atoms with Gasteiger partial charge in [0.05, 0.1) is 0 Å². The van der Waals surface area contributed by atoms with Gasteiger partial charge in [-0.1, -0.05) is 6.92 Å². The molecule has 2 fully saturated rings. The van der Waals surface area contributed by atoms with Crippen LogP contribution in [0, 0.1) is 5.41 Å². The van der Waals surface area contributed by atoms with Crippen LogP contribution in [0.1, 0.15) is 40.5 Å². The van der Waals surface area contributed by atoms with E-state index in [1.54, 1.807) is 16.2 Å². The molecule has 2 aliphatic heterocycles. The maximum absolute atomic E-state index is 12.3. The number of piperidine rings is 1. The van der Waals surface area contributed by atoms with Crippen LogP contribution < -0.4 is 10.6 Å². The molecule has 0 aliphatic carbocycles. The molecule has 2 aliphatic rings. The largest absolute Gasteiger partial charge is 0.444 e. The maximum Gasteiger partial charge on any atom is 0.410 e. The first-order valence-corrected chi connectivity index (χ1v) is 11.2. The molecule has 2 saturated heterocycles. The van der Waals surface area contributed by atoms with Gasteiger partial charge in [-0.25, -0.2) is 9.78 Å². The first-order chi connectivity index (χ1) is 13.7. The minimum atomic E-state index is -0.458. The Labute approximate surface area is 177 Å². The fraction of sp³-hybridized carbons (Fsp3) is 0.750. The Balaban J connectivity index is 1.45. The minimum Gasteiger partial charge on any atom is -0.444 e. The number of ether oxygens (including phenoxy) is 1. The molecular weight excluding hydrogens is 388 g/mol. The van der Waals surface area contributed by atoms with E-state index in [0.717, 1.165) is 44.2 Å². The lowest BCUT2D eigenvalue weighted by Crippen LogP contribution is -2.51. The fourth-order valence-electron chi connectivity index (χ4n) is 3.58. The Morgan fingerprint density at radius 3 is 2.41 bits per heavy atom. The third-order valence-corrected chi connectivity index (χ3v) is 6.37. The van der Waals surface area contributed by atoms with E-state index in [9.17, 15) is 4.79 Å². The number of nitrogens with zero attached hydrogens (tertiary/aromatic N) is 5. The number of carbonyl (C=O) groups excluding carboxylic acids is 1. The van der Waals surface area contributed by atoms with Crippen LogP contribution in [0.5, 0.6) is 0 Å². The summed E-state index contributed by atoms with van der Waals surface area (Å²) in [5, 5.41) is 3.08. The molecule has 0 radical (unpaired) electrons. The highest BCUT2D eigenvalue weighted by Gasteiger charge is 2.33. The summed E-state index contributed by atoms with van der Waals surface area (Å²) in [6.07, 6.45) is 3.43. The summed E-state index contributed by atoms with van der Waals surface area (Å²) in [6.45, 7) is 13.5. The van der Waals surface area contributed by atoms with Crippen molar-refractivity contribution >= 4 is 28.5 Å². The summed E-state index contributed by atoms with van der Waals surface area (Å²) >= 11 is 1.67. The van der Waals surface area contributed by atoms with Crippen LogP contribution in [-0.4, -0.2) is 78.3 Å². The number of aliphatic imine (C=N–C) groups is 1. The molecule has 0 saturated carbocycles. The maximum atomic E-state index is 12.3. The summed E-state index contributed by atoms with van der Waals surface area (Å²) < 4.78 is 5.48. The Morgan fingerprint density at radius 2 is 1.86 bits per heavy atom. The number of piperazine rings is 1. The molecule has 1 aromatic rings. The fourth-order valence-corrected chi connectivity index (χ4v) is 4.28. The van der Waals surface area contributed by atoms with Crippen molar-refractivity contribution in [3.63, 3.8) is 0 Å². The first-order valence-electron chi connectivity index (χ1n) is 10.3. The smallest absolute Gasteiger partial charge is 0.410 e. The number of carbonyl (C=O) groups is 1. The second-order valence-corrected chi connectivity index (χ2v) is 10.1. The zero-order valence-electron chi connectivity index (χ0n) is 18.1. The van der Waals surface area contributed by atoms with Gasteiger partial charge in [0.25, 0.3) is 0 Å². The minimum absolute atomic E-state index is 0.0614. The molecule has 0 bridgehead atoms.